The second-order valence-corrected chi connectivity index (χ2v) is 5.64. The summed E-state index contributed by atoms with van der Waals surface area (Å²) < 4.78 is 5.73. The van der Waals surface area contributed by atoms with Crippen LogP contribution in [0.3, 0.4) is 0 Å². The minimum Gasteiger partial charge on any atom is -0.449 e. The van der Waals surface area contributed by atoms with Gasteiger partial charge in [0.15, 0.2) is 10.9 Å². The summed E-state index contributed by atoms with van der Waals surface area (Å²) >= 11 is 1.43. The smallest absolute Gasteiger partial charge is 0.190 e. The summed E-state index contributed by atoms with van der Waals surface area (Å²) in [6, 6.07) is 17.4. The number of thioether (sulfide) groups is 1. The van der Waals surface area contributed by atoms with E-state index in [2.05, 4.69) is 0 Å². The predicted octanol–water partition coefficient (Wildman–Crippen LogP) is 4.78. The molecule has 1 heterocycles. The molecule has 0 saturated heterocycles. The van der Waals surface area contributed by atoms with Crippen LogP contribution in [0.5, 0.6) is 0 Å². The van der Waals surface area contributed by atoms with Crippen LogP contribution in [-0.4, -0.2) is 5.78 Å². The Morgan fingerprint density at radius 3 is 2.48 bits per heavy atom. The van der Waals surface area contributed by atoms with E-state index in [1.54, 1.807) is 6.08 Å². The number of benzene rings is 2. The van der Waals surface area contributed by atoms with Gasteiger partial charge in [0.2, 0.25) is 0 Å². The third kappa shape index (κ3) is 3.26. The number of hydrogen-bond donors (Lipinski definition) is 0. The van der Waals surface area contributed by atoms with E-state index in [4.69, 9.17) is 4.74 Å². The molecule has 2 aromatic rings. The average Bonchev–Trinajstić information content (AvgIpc) is 2.97. The van der Waals surface area contributed by atoms with Crippen LogP contribution in [0.4, 0.5) is 0 Å². The van der Waals surface area contributed by atoms with Crippen molar-refractivity contribution in [2.75, 3.05) is 0 Å². The standard InChI is InChI=1S/C18H14O2S/c1-13-7-9-14(10-8-13)16(19)11-18-20-17(12-21-18)15-5-3-2-4-6-15/h2-12H,1H3/b18-11-. The van der Waals surface area contributed by atoms with Crippen molar-refractivity contribution in [3.05, 3.63) is 87.9 Å². The lowest BCUT2D eigenvalue weighted by Gasteiger charge is -2.04. The van der Waals surface area contributed by atoms with Gasteiger partial charge in [0.25, 0.3) is 0 Å². The molecule has 3 heteroatoms. The van der Waals surface area contributed by atoms with E-state index in [0.717, 1.165) is 16.9 Å². The van der Waals surface area contributed by atoms with Crippen LogP contribution in [0.1, 0.15) is 21.5 Å². The lowest BCUT2D eigenvalue weighted by Crippen LogP contribution is -1.96. The Bertz CT molecular complexity index is 713. The highest BCUT2D eigenvalue weighted by Gasteiger charge is 2.16. The van der Waals surface area contributed by atoms with Crippen LogP contribution in [-0.2, 0) is 4.74 Å². The minimum absolute atomic E-state index is 0.0415. The molecule has 0 bridgehead atoms. The van der Waals surface area contributed by atoms with Gasteiger partial charge in [-0.1, -0.05) is 71.9 Å². The summed E-state index contributed by atoms with van der Waals surface area (Å²) in [7, 11) is 0. The van der Waals surface area contributed by atoms with E-state index in [1.807, 2.05) is 66.9 Å². The Morgan fingerprint density at radius 2 is 1.76 bits per heavy atom. The first-order valence-corrected chi connectivity index (χ1v) is 7.53. The molecule has 0 N–H and O–H groups in total. The van der Waals surface area contributed by atoms with Gasteiger partial charge in [-0.3, -0.25) is 4.79 Å². The molecule has 3 rings (SSSR count). The second kappa shape index (κ2) is 6.02. The Kier molecular flexibility index (Phi) is 3.93. The molecular weight excluding hydrogens is 280 g/mol. The van der Waals surface area contributed by atoms with Crippen LogP contribution in [0.2, 0.25) is 0 Å². The number of allylic oxidation sites excluding steroid dienone is 1. The van der Waals surface area contributed by atoms with Crippen molar-refractivity contribution >= 4 is 23.3 Å². The first-order valence-electron chi connectivity index (χ1n) is 6.65. The number of hydrogen-bond acceptors (Lipinski definition) is 3. The number of ketones is 1. The van der Waals surface area contributed by atoms with E-state index < -0.39 is 0 Å². The average molecular weight is 294 g/mol. The molecule has 104 valence electrons. The second-order valence-electron chi connectivity index (χ2n) is 4.76. The third-order valence-corrected chi connectivity index (χ3v) is 3.90. The number of aryl methyl sites for hydroxylation is 1. The monoisotopic (exact) mass is 294 g/mol. The van der Waals surface area contributed by atoms with Gasteiger partial charge in [-0.2, -0.15) is 0 Å². The number of rotatable bonds is 3. The van der Waals surface area contributed by atoms with Crippen molar-refractivity contribution in [2.24, 2.45) is 0 Å². The zero-order chi connectivity index (χ0) is 14.7. The van der Waals surface area contributed by atoms with Gasteiger partial charge in [-0.15, -0.1) is 0 Å². The molecule has 1 aliphatic heterocycles. The van der Waals surface area contributed by atoms with E-state index in [1.165, 1.54) is 11.8 Å². The zero-order valence-corrected chi connectivity index (χ0v) is 12.4. The van der Waals surface area contributed by atoms with Crippen molar-refractivity contribution in [1.82, 2.24) is 0 Å². The molecule has 0 fully saturated rings. The molecule has 0 saturated carbocycles. The Hall–Kier alpha value is -2.26. The summed E-state index contributed by atoms with van der Waals surface area (Å²) in [5.74, 6) is 0.740. The molecule has 2 nitrogen and oxygen atoms in total. The van der Waals surface area contributed by atoms with Crippen molar-refractivity contribution in [3.63, 3.8) is 0 Å². The summed E-state index contributed by atoms with van der Waals surface area (Å²) in [4.78, 5) is 12.2. The number of ether oxygens (including phenoxy) is 1. The summed E-state index contributed by atoms with van der Waals surface area (Å²) in [6.07, 6.45) is 1.54. The van der Waals surface area contributed by atoms with Gasteiger partial charge in [0.1, 0.15) is 5.76 Å². The predicted molar refractivity (Wildman–Crippen MR) is 86.7 cm³/mol. The van der Waals surface area contributed by atoms with Gasteiger partial charge in [-0.05, 0) is 6.92 Å². The maximum absolute atomic E-state index is 12.2. The summed E-state index contributed by atoms with van der Waals surface area (Å²) in [5, 5.41) is 2.53. The van der Waals surface area contributed by atoms with Gasteiger partial charge >= 0.3 is 0 Å². The Balaban J connectivity index is 1.72. The largest absolute Gasteiger partial charge is 0.449 e. The van der Waals surface area contributed by atoms with Crippen molar-refractivity contribution in [3.8, 4) is 0 Å². The molecule has 0 radical (unpaired) electrons. The highest BCUT2D eigenvalue weighted by Crippen LogP contribution is 2.36. The SMILES string of the molecule is Cc1ccc(C(=O)/C=C2/OC(c3ccccc3)=CS2)cc1. The number of carbonyl (C=O) groups excluding carboxylic acids is 1. The maximum Gasteiger partial charge on any atom is 0.190 e. The third-order valence-electron chi connectivity index (χ3n) is 3.14. The topological polar surface area (TPSA) is 26.3 Å². The molecule has 2 aromatic carbocycles. The highest BCUT2D eigenvalue weighted by molar-refractivity contribution is 8.06. The lowest BCUT2D eigenvalue weighted by molar-refractivity contribution is 0.104. The molecule has 0 atom stereocenters. The Labute approximate surface area is 128 Å². The van der Waals surface area contributed by atoms with Crippen molar-refractivity contribution < 1.29 is 9.53 Å². The molecule has 0 aromatic heterocycles. The minimum atomic E-state index is -0.0415. The van der Waals surface area contributed by atoms with Gasteiger partial charge in [0.05, 0.1) is 0 Å². The van der Waals surface area contributed by atoms with Crippen LogP contribution < -0.4 is 0 Å². The first-order chi connectivity index (χ1) is 10.2. The van der Waals surface area contributed by atoms with E-state index >= 15 is 0 Å². The molecule has 0 spiro atoms. The highest BCUT2D eigenvalue weighted by atomic mass is 32.2. The fourth-order valence-corrected chi connectivity index (χ4v) is 2.69. The molecular formula is C18H14O2S. The molecule has 0 unspecified atom stereocenters. The Morgan fingerprint density at radius 1 is 1.05 bits per heavy atom. The van der Waals surface area contributed by atoms with Crippen LogP contribution in [0, 0.1) is 6.92 Å². The maximum atomic E-state index is 12.2. The van der Waals surface area contributed by atoms with Crippen LogP contribution in [0.15, 0.2) is 71.2 Å². The first kappa shape index (κ1) is 13.7. The lowest BCUT2D eigenvalue weighted by atomic mass is 10.1. The fourth-order valence-electron chi connectivity index (χ4n) is 1.97. The van der Waals surface area contributed by atoms with E-state index in [9.17, 15) is 4.79 Å². The van der Waals surface area contributed by atoms with E-state index in [0.29, 0.717) is 10.7 Å². The fraction of sp³-hybridized carbons (Fsp3) is 0.0556. The summed E-state index contributed by atoms with van der Waals surface area (Å²) in [6.45, 7) is 2.00. The molecule has 21 heavy (non-hydrogen) atoms. The molecule has 0 aliphatic carbocycles. The van der Waals surface area contributed by atoms with Gasteiger partial charge < -0.3 is 4.74 Å². The quantitative estimate of drug-likeness (QED) is 0.602. The van der Waals surface area contributed by atoms with Crippen LogP contribution >= 0.6 is 11.8 Å². The van der Waals surface area contributed by atoms with Crippen LogP contribution in [0.25, 0.3) is 5.76 Å². The van der Waals surface area contributed by atoms with Crippen molar-refractivity contribution in [1.29, 1.82) is 0 Å². The van der Waals surface area contributed by atoms with Gasteiger partial charge in [0, 0.05) is 22.6 Å². The zero-order valence-electron chi connectivity index (χ0n) is 11.6. The van der Waals surface area contributed by atoms with E-state index in [-0.39, 0.29) is 5.78 Å². The molecule has 1 aliphatic rings. The molecule has 0 amide bonds. The normalized spacial score (nSPS) is 15.7. The van der Waals surface area contributed by atoms with Gasteiger partial charge in [-0.25, -0.2) is 0 Å². The summed E-state index contributed by atoms with van der Waals surface area (Å²) in [5.41, 5.74) is 2.82. The number of carbonyl (C=O) groups is 1. The van der Waals surface area contributed by atoms with Crippen molar-refractivity contribution in [2.45, 2.75) is 6.92 Å².